The zero-order valence-electron chi connectivity index (χ0n) is 9.98. The maximum absolute atomic E-state index is 11.7. The van der Waals surface area contributed by atoms with Crippen LogP contribution in [0.3, 0.4) is 0 Å². The topological polar surface area (TPSA) is 59.3 Å². The van der Waals surface area contributed by atoms with Crippen LogP contribution in [0.1, 0.15) is 43.0 Å². The standard InChI is InChI=1S/C13H17NO3/c1-13(6-2-3-7-13)9-14-8-10(12(16)17)4-5-11(14)15/h4-5,8H,2-3,6-7,9H2,1H3,(H,16,17). The van der Waals surface area contributed by atoms with E-state index < -0.39 is 5.97 Å². The van der Waals surface area contributed by atoms with Crippen molar-refractivity contribution in [2.24, 2.45) is 5.41 Å². The molecule has 0 spiro atoms. The molecule has 0 aromatic carbocycles. The number of pyridine rings is 1. The molecule has 92 valence electrons. The van der Waals surface area contributed by atoms with Crippen molar-refractivity contribution in [1.29, 1.82) is 0 Å². The molecule has 4 heteroatoms. The molecule has 2 rings (SSSR count). The smallest absolute Gasteiger partial charge is 0.337 e. The van der Waals surface area contributed by atoms with E-state index in [-0.39, 0.29) is 16.5 Å². The predicted octanol–water partition coefficient (Wildman–Crippen LogP) is 2.13. The molecule has 0 atom stereocenters. The van der Waals surface area contributed by atoms with Crippen molar-refractivity contribution < 1.29 is 9.90 Å². The minimum atomic E-state index is -0.990. The fourth-order valence-electron chi connectivity index (χ4n) is 2.58. The molecule has 1 aliphatic rings. The third kappa shape index (κ3) is 2.57. The van der Waals surface area contributed by atoms with Gasteiger partial charge in [0.05, 0.1) is 5.56 Å². The zero-order chi connectivity index (χ0) is 12.5. The van der Waals surface area contributed by atoms with Crippen LogP contribution in [0.15, 0.2) is 23.1 Å². The van der Waals surface area contributed by atoms with Gasteiger partial charge >= 0.3 is 5.97 Å². The molecule has 0 unspecified atom stereocenters. The lowest BCUT2D eigenvalue weighted by Gasteiger charge is -2.24. The summed E-state index contributed by atoms with van der Waals surface area (Å²) in [6.07, 6.45) is 6.06. The van der Waals surface area contributed by atoms with Crippen LogP contribution in [0.25, 0.3) is 0 Å². The van der Waals surface area contributed by atoms with E-state index in [0.29, 0.717) is 6.54 Å². The second kappa shape index (κ2) is 4.35. The molecule has 17 heavy (non-hydrogen) atoms. The first-order valence-corrected chi connectivity index (χ1v) is 5.94. The van der Waals surface area contributed by atoms with Crippen molar-refractivity contribution in [1.82, 2.24) is 4.57 Å². The molecule has 0 bridgehead atoms. The Balaban J connectivity index is 2.28. The summed E-state index contributed by atoms with van der Waals surface area (Å²) in [5.41, 5.74) is 0.190. The SMILES string of the molecule is CC1(Cn2cc(C(=O)O)ccc2=O)CCCC1. The molecule has 1 fully saturated rings. The first-order chi connectivity index (χ1) is 8.00. The van der Waals surface area contributed by atoms with Crippen LogP contribution < -0.4 is 5.56 Å². The number of carboxylic acid groups (broad SMARTS) is 1. The molecule has 0 aliphatic heterocycles. The number of aromatic carboxylic acids is 1. The van der Waals surface area contributed by atoms with Gasteiger partial charge in [-0.1, -0.05) is 19.8 Å². The number of carboxylic acids is 1. The van der Waals surface area contributed by atoms with Crippen molar-refractivity contribution in [2.75, 3.05) is 0 Å². The molecule has 0 saturated heterocycles. The summed E-state index contributed by atoms with van der Waals surface area (Å²) >= 11 is 0. The fourth-order valence-corrected chi connectivity index (χ4v) is 2.58. The van der Waals surface area contributed by atoms with E-state index in [0.717, 1.165) is 12.8 Å². The highest BCUT2D eigenvalue weighted by Gasteiger charge is 2.29. The highest BCUT2D eigenvalue weighted by Crippen LogP contribution is 2.38. The number of nitrogens with zero attached hydrogens (tertiary/aromatic N) is 1. The van der Waals surface area contributed by atoms with E-state index in [4.69, 9.17) is 5.11 Å². The second-order valence-electron chi connectivity index (χ2n) is 5.21. The average molecular weight is 235 g/mol. The quantitative estimate of drug-likeness (QED) is 0.873. The number of aromatic nitrogens is 1. The first-order valence-electron chi connectivity index (χ1n) is 5.94. The van der Waals surface area contributed by atoms with Crippen LogP contribution >= 0.6 is 0 Å². The summed E-state index contributed by atoms with van der Waals surface area (Å²) in [5.74, 6) is -0.990. The summed E-state index contributed by atoms with van der Waals surface area (Å²) in [4.78, 5) is 22.6. The summed E-state index contributed by atoms with van der Waals surface area (Å²) in [5, 5.41) is 8.91. The third-order valence-corrected chi connectivity index (χ3v) is 3.59. The molecule has 1 heterocycles. The molecule has 0 radical (unpaired) electrons. The Hall–Kier alpha value is -1.58. The number of carbonyl (C=O) groups is 1. The lowest BCUT2D eigenvalue weighted by molar-refractivity contribution is 0.0695. The predicted molar refractivity (Wildman–Crippen MR) is 64.2 cm³/mol. The molecule has 1 aromatic rings. The van der Waals surface area contributed by atoms with Crippen LogP contribution in [0.5, 0.6) is 0 Å². The van der Waals surface area contributed by atoms with Gasteiger partial charge < -0.3 is 9.67 Å². The molecular weight excluding hydrogens is 218 g/mol. The van der Waals surface area contributed by atoms with Crippen LogP contribution in [0, 0.1) is 5.41 Å². The highest BCUT2D eigenvalue weighted by atomic mass is 16.4. The number of hydrogen-bond acceptors (Lipinski definition) is 2. The van der Waals surface area contributed by atoms with Crippen molar-refractivity contribution in [3.05, 3.63) is 34.2 Å². The maximum Gasteiger partial charge on any atom is 0.337 e. The van der Waals surface area contributed by atoms with Gasteiger partial charge in [-0.3, -0.25) is 4.79 Å². The maximum atomic E-state index is 11.7. The minimum absolute atomic E-state index is 0.122. The van der Waals surface area contributed by atoms with E-state index >= 15 is 0 Å². The fraction of sp³-hybridized carbons (Fsp3) is 0.538. The van der Waals surface area contributed by atoms with Gasteiger partial charge in [0.15, 0.2) is 0 Å². The van der Waals surface area contributed by atoms with E-state index in [1.165, 1.54) is 35.7 Å². The summed E-state index contributed by atoms with van der Waals surface area (Å²) in [6, 6.07) is 2.69. The molecular formula is C13H17NO3. The lowest BCUT2D eigenvalue weighted by Crippen LogP contribution is -2.28. The van der Waals surface area contributed by atoms with Gasteiger partial charge in [0, 0.05) is 18.8 Å². The third-order valence-electron chi connectivity index (χ3n) is 3.59. The number of hydrogen-bond donors (Lipinski definition) is 1. The van der Waals surface area contributed by atoms with Gasteiger partial charge in [-0.2, -0.15) is 0 Å². The largest absolute Gasteiger partial charge is 0.478 e. The van der Waals surface area contributed by atoms with Crippen LogP contribution in [-0.4, -0.2) is 15.6 Å². The Bertz CT molecular complexity index is 484. The average Bonchev–Trinajstić information content (AvgIpc) is 2.68. The number of rotatable bonds is 3. The monoisotopic (exact) mass is 235 g/mol. The van der Waals surface area contributed by atoms with E-state index in [2.05, 4.69) is 6.92 Å². The van der Waals surface area contributed by atoms with E-state index in [1.807, 2.05) is 0 Å². The van der Waals surface area contributed by atoms with Gasteiger partial charge in [0.1, 0.15) is 0 Å². The van der Waals surface area contributed by atoms with Crippen molar-refractivity contribution in [3.8, 4) is 0 Å². The van der Waals surface area contributed by atoms with Crippen LogP contribution in [0.4, 0.5) is 0 Å². The summed E-state index contributed by atoms with van der Waals surface area (Å²) in [7, 11) is 0. The summed E-state index contributed by atoms with van der Waals surface area (Å²) in [6.45, 7) is 2.78. The molecule has 1 aliphatic carbocycles. The van der Waals surface area contributed by atoms with Gasteiger partial charge in [0.25, 0.3) is 5.56 Å². The minimum Gasteiger partial charge on any atom is -0.478 e. The Morgan fingerprint density at radius 3 is 2.65 bits per heavy atom. The molecule has 4 nitrogen and oxygen atoms in total. The lowest BCUT2D eigenvalue weighted by atomic mass is 9.89. The van der Waals surface area contributed by atoms with Gasteiger partial charge in [0.2, 0.25) is 0 Å². The Kier molecular flexibility index (Phi) is 3.05. The molecule has 1 aromatic heterocycles. The Labute approximate surface area is 99.9 Å². The highest BCUT2D eigenvalue weighted by molar-refractivity contribution is 5.87. The molecule has 1 N–H and O–H groups in total. The molecule has 1 saturated carbocycles. The zero-order valence-corrected chi connectivity index (χ0v) is 9.98. The van der Waals surface area contributed by atoms with Crippen LogP contribution in [-0.2, 0) is 6.54 Å². The Morgan fingerprint density at radius 1 is 1.41 bits per heavy atom. The normalized spacial score (nSPS) is 18.2. The van der Waals surface area contributed by atoms with Crippen molar-refractivity contribution >= 4 is 5.97 Å². The first kappa shape index (κ1) is 11.9. The van der Waals surface area contributed by atoms with Crippen molar-refractivity contribution in [3.63, 3.8) is 0 Å². The van der Waals surface area contributed by atoms with E-state index in [9.17, 15) is 9.59 Å². The second-order valence-corrected chi connectivity index (χ2v) is 5.21. The van der Waals surface area contributed by atoms with Crippen molar-refractivity contribution in [2.45, 2.75) is 39.2 Å². The summed E-state index contributed by atoms with van der Waals surface area (Å²) < 4.78 is 1.54. The van der Waals surface area contributed by atoms with Crippen LogP contribution in [0.2, 0.25) is 0 Å². The van der Waals surface area contributed by atoms with Gasteiger partial charge in [-0.05, 0) is 24.3 Å². The van der Waals surface area contributed by atoms with E-state index in [1.54, 1.807) is 0 Å². The van der Waals surface area contributed by atoms with Gasteiger partial charge in [-0.15, -0.1) is 0 Å². The Morgan fingerprint density at radius 2 is 2.06 bits per heavy atom. The molecule has 0 amide bonds. The van der Waals surface area contributed by atoms with Gasteiger partial charge in [-0.25, -0.2) is 4.79 Å².